The third-order valence-electron chi connectivity index (χ3n) is 3.87. The Hall–Kier alpha value is -1.32. The van der Waals surface area contributed by atoms with E-state index in [2.05, 4.69) is 46.5 Å². The fourth-order valence-corrected chi connectivity index (χ4v) is 2.82. The zero-order valence-corrected chi connectivity index (χ0v) is 10.9. The number of nitrogens with one attached hydrogen (secondary N) is 2. The molecule has 3 rings (SSSR count). The van der Waals surface area contributed by atoms with Gasteiger partial charge in [0.15, 0.2) is 0 Å². The van der Waals surface area contributed by atoms with Gasteiger partial charge in [0.25, 0.3) is 0 Å². The second kappa shape index (κ2) is 5.12. The van der Waals surface area contributed by atoms with Gasteiger partial charge in [-0.1, -0.05) is 12.1 Å². The van der Waals surface area contributed by atoms with Crippen molar-refractivity contribution in [2.45, 2.75) is 13.0 Å². The van der Waals surface area contributed by atoms with Crippen molar-refractivity contribution in [3.63, 3.8) is 0 Å². The Bertz CT molecular complexity index is 517. The summed E-state index contributed by atoms with van der Waals surface area (Å²) in [5, 5.41) is 4.87. The van der Waals surface area contributed by atoms with Gasteiger partial charge in [0.2, 0.25) is 0 Å². The van der Waals surface area contributed by atoms with Crippen LogP contribution in [0.25, 0.3) is 10.9 Å². The zero-order valence-electron chi connectivity index (χ0n) is 10.9. The number of rotatable bonds is 4. The van der Waals surface area contributed by atoms with E-state index in [1.807, 2.05) is 6.20 Å². The molecule has 0 radical (unpaired) electrons. The Morgan fingerprint density at radius 2 is 2.33 bits per heavy atom. The first-order valence-corrected chi connectivity index (χ1v) is 6.76. The molecule has 1 aromatic carbocycles. The Balaban J connectivity index is 1.53. The summed E-state index contributed by atoms with van der Waals surface area (Å²) >= 11 is 0. The van der Waals surface area contributed by atoms with Gasteiger partial charge in [0, 0.05) is 24.8 Å². The molecule has 0 amide bonds. The molecule has 3 heteroatoms. The molecule has 1 fully saturated rings. The summed E-state index contributed by atoms with van der Waals surface area (Å²) in [4.78, 5) is 5.68. The second-order valence-electron chi connectivity index (χ2n) is 5.45. The van der Waals surface area contributed by atoms with Crippen molar-refractivity contribution < 1.29 is 0 Å². The lowest BCUT2D eigenvalue weighted by Crippen LogP contribution is -2.24. The minimum atomic E-state index is 0.823. The second-order valence-corrected chi connectivity index (χ2v) is 5.45. The SMILES string of the molecule is CN1CCC(CNCc2ccc3cc[nH]c3c2)C1. The first kappa shape index (κ1) is 11.8. The lowest BCUT2D eigenvalue weighted by atomic mass is 10.1. The summed E-state index contributed by atoms with van der Waals surface area (Å²) in [6.07, 6.45) is 3.33. The number of fused-ring (bicyclic) bond motifs is 1. The van der Waals surface area contributed by atoms with Crippen molar-refractivity contribution >= 4 is 10.9 Å². The minimum absolute atomic E-state index is 0.823. The molecule has 1 saturated heterocycles. The number of hydrogen-bond acceptors (Lipinski definition) is 2. The van der Waals surface area contributed by atoms with Crippen LogP contribution in [0.5, 0.6) is 0 Å². The fraction of sp³-hybridized carbons (Fsp3) is 0.467. The molecule has 0 spiro atoms. The number of hydrogen-bond donors (Lipinski definition) is 2. The topological polar surface area (TPSA) is 31.1 Å². The molecule has 2 aromatic rings. The van der Waals surface area contributed by atoms with Crippen LogP contribution in [0.4, 0.5) is 0 Å². The van der Waals surface area contributed by atoms with Gasteiger partial charge in [-0.15, -0.1) is 0 Å². The Labute approximate surface area is 108 Å². The van der Waals surface area contributed by atoms with Crippen LogP contribution in [0.2, 0.25) is 0 Å². The Morgan fingerprint density at radius 3 is 3.17 bits per heavy atom. The third kappa shape index (κ3) is 2.57. The maximum atomic E-state index is 3.58. The molecule has 1 unspecified atom stereocenters. The molecule has 18 heavy (non-hydrogen) atoms. The van der Waals surface area contributed by atoms with E-state index in [4.69, 9.17) is 0 Å². The number of aromatic nitrogens is 1. The predicted octanol–water partition coefficient (Wildman–Crippen LogP) is 2.21. The molecule has 2 N–H and O–H groups in total. The van der Waals surface area contributed by atoms with Gasteiger partial charge in [0.05, 0.1) is 0 Å². The van der Waals surface area contributed by atoms with Gasteiger partial charge in [-0.2, -0.15) is 0 Å². The molecule has 1 aromatic heterocycles. The standard InChI is InChI=1S/C15H21N3/c1-18-7-5-13(11-18)10-16-9-12-2-3-14-4-6-17-15(14)8-12/h2-4,6,8,13,16-17H,5,7,9-11H2,1H3. The zero-order chi connectivity index (χ0) is 12.4. The number of likely N-dealkylation sites (tertiary alicyclic amines) is 1. The highest BCUT2D eigenvalue weighted by atomic mass is 15.1. The molecule has 0 bridgehead atoms. The predicted molar refractivity (Wildman–Crippen MR) is 75.6 cm³/mol. The molecule has 1 aliphatic heterocycles. The first-order chi connectivity index (χ1) is 8.81. The van der Waals surface area contributed by atoms with Crippen LogP contribution in [0.15, 0.2) is 30.5 Å². The van der Waals surface area contributed by atoms with Crippen molar-refractivity contribution in [1.29, 1.82) is 0 Å². The van der Waals surface area contributed by atoms with Gasteiger partial charge in [0.1, 0.15) is 0 Å². The van der Waals surface area contributed by atoms with Gasteiger partial charge in [-0.3, -0.25) is 0 Å². The molecule has 1 atom stereocenters. The quantitative estimate of drug-likeness (QED) is 0.862. The van der Waals surface area contributed by atoms with Crippen LogP contribution in [-0.4, -0.2) is 36.6 Å². The van der Waals surface area contributed by atoms with Crippen LogP contribution in [0.1, 0.15) is 12.0 Å². The highest BCUT2D eigenvalue weighted by molar-refractivity contribution is 5.79. The maximum Gasteiger partial charge on any atom is 0.0457 e. The van der Waals surface area contributed by atoms with E-state index < -0.39 is 0 Å². The molecule has 3 nitrogen and oxygen atoms in total. The van der Waals surface area contributed by atoms with Crippen molar-refractivity contribution in [2.24, 2.45) is 5.92 Å². The van der Waals surface area contributed by atoms with Gasteiger partial charge in [-0.25, -0.2) is 0 Å². The average molecular weight is 243 g/mol. The minimum Gasteiger partial charge on any atom is -0.361 e. The monoisotopic (exact) mass is 243 g/mol. The molecular formula is C15H21N3. The van der Waals surface area contributed by atoms with Gasteiger partial charge in [-0.05, 0) is 55.6 Å². The third-order valence-corrected chi connectivity index (χ3v) is 3.87. The summed E-state index contributed by atoms with van der Waals surface area (Å²) in [6, 6.07) is 8.75. The van der Waals surface area contributed by atoms with Crippen molar-refractivity contribution in [2.75, 3.05) is 26.7 Å². The van der Waals surface area contributed by atoms with Crippen LogP contribution >= 0.6 is 0 Å². The highest BCUT2D eigenvalue weighted by Gasteiger charge is 2.18. The number of aromatic amines is 1. The summed E-state index contributed by atoms with van der Waals surface area (Å²) in [7, 11) is 2.21. The van der Waals surface area contributed by atoms with E-state index in [1.54, 1.807) is 0 Å². The van der Waals surface area contributed by atoms with Crippen molar-refractivity contribution in [3.05, 3.63) is 36.0 Å². The van der Waals surface area contributed by atoms with Crippen molar-refractivity contribution in [1.82, 2.24) is 15.2 Å². The normalized spacial score (nSPS) is 20.8. The first-order valence-electron chi connectivity index (χ1n) is 6.76. The van der Waals surface area contributed by atoms with Crippen LogP contribution < -0.4 is 5.32 Å². The summed E-state index contributed by atoms with van der Waals surface area (Å²) < 4.78 is 0. The number of benzene rings is 1. The van der Waals surface area contributed by atoms with E-state index in [0.29, 0.717) is 0 Å². The van der Waals surface area contributed by atoms with Crippen molar-refractivity contribution in [3.8, 4) is 0 Å². The van der Waals surface area contributed by atoms with Crippen LogP contribution in [0.3, 0.4) is 0 Å². The van der Waals surface area contributed by atoms with E-state index >= 15 is 0 Å². The molecule has 0 aliphatic carbocycles. The van der Waals surface area contributed by atoms with E-state index in [1.165, 1.54) is 36.0 Å². The Morgan fingerprint density at radius 1 is 1.39 bits per heavy atom. The summed E-state index contributed by atoms with van der Waals surface area (Å²) in [5.74, 6) is 0.823. The van der Waals surface area contributed by atoms with Gasteiger partial charge >= 0.3 is 0 Å². The molecule has 1 aliphatic rings. The van der Waals surface area contributed by atoms with E-state index in [-0.39, 0.29) is 0 Å². The van der Waals surface area contributed by atoms with Crippen LogP contribution in [0, 0.1) is 5.92 Å². The summed E-state index contributed by atoms with van der Waals surface area (Å²) in [5.41, 5.74) is 2.59. The average Bonchev–Trinajstić information content (AvgIpc) is 2.97. The number of H-pyrrole nitrogens is 1. The number of nitrogens with zero attached hydrogens (tertiary/aromatic N) is 1. The molecule has 0 saturated carbocycles. The molecular weight excluding hydrogens is 222 g/mol. The van der Waals surface area contributed by atoms with E-state index in [0.717, 1.165) is 19.0 Å². The smallest absolute Gasteiger partial charge is 0.0457 e. The molecule has 2 heterocycles. The van der Waals surface area contributed by atoms with Gasteiger partial charge < -0.3 is 15.2 Å². The Kier molecular flexibility index (Phi) is 3.35. The largest absolute Gasteiger partial charge is 0.361 e. The maximum absolute atomic E-state index is 3.58. The lowest BCUT2D eigenvalue weighted by molar-refractivity contribution is 0.388. The highest BCUT2D eigenvalue weighted by Crippen LogP contribution is 2.15. The summed E-state index contributed by atoms with van der Waals surface area (Å²) in [6.45, 7) is 4.59. The fourth-order valence-electron chi connectivity index (χ4n) is 2.82. The van der Waals surface area contributed by atoms with Crippen LogP contribution in [-0.2, 0) is 6.54 Å². The molecule has 96 valence electrons. The van der Waals surface area contributed by atoms with E-state index in [9.17, 15) is 0 Å². The lowest BCUT2D eigenvalue weighted by Gasteiger charge is -2.11.